The maximum atomic E-state index is 11.9. The molecule has 22 heavy (non-hydrogen) atoms. The van der Waals surface area contributed by atoms with Crippen LogP contribution in [0, 0.1) is 6.92 Å². The standard InChI is InChI=1S/C19H25NO2/c1-15-8-10-18(22-2)17(14-15)9-11-19(21)20-13-12-16-6-4-3-5-7-16/h6,8-11,14H,3-5,7,12-13H2,1-2H3,(H,20,21)/b11-9+. The van der Waals surface area contributed by atoms with Gasteiger partial charge in [-0.05, 0) is 57.2 Å². The van der Waals surface area contributed by atoms with Crippen molar-refractivity contribution in [2.24, 2.45) is 0 Å². The van der Waals surface area contributed by atoms with E-state index in [-0.39, 0.29) is 5.91 Å². The van der Waals surface area contributed by atoms with Gasteiger partial charge in [0.05, 0.1) is 7.11 Å². The molecular formula is C19H25NO2. The predicted octanol–water partition coefficient (Wildman–Crippen LogP) is 4.02. The normalized spacial score (nSPS) is 14.7. The Labute approximate surface area is 133 Å². The van der Waals surface area contributed by atoms with Crippen molar-refractivity contribution in [1.82, 2.24) is 5.32 Å². The van der Waals surface area contributed by atoms with Gasteiger partial charge in [-0.1, -0.05) is 23.3 Å². The second kappa shape index (κ2) is 8.42. The number of carbonyl (C=O) groups excluding carboxylic acids is 1. The Balaban J connectivity index is 1.83. The molecule has 0 radical (unpaired) electrons. The quantitative estimate of drug-likeness (QED) is 0.636. The zero-order valence-electron chi connectivity index (χ0n) is 13.5. The number of amides is 1. The molecule has 118 valence electrons. The van der Waals surface area contributed by atoms with E-state index in [1.807, 2.05) is 25.1 Å². The van der Waals surface area contributed by atoms with Gasteiger partial charge in [-0.3, -0.25) is 4.79 Å². The molecule has 0 unspecified atom stereocenters. The summed E-state index contributed by atoms with van der Waals surface area (Å²) < 4.78 is 5.30. The highest BCUT2D eigenvalue weighted by Gasteiger charge is 2.04. The number of aryl methyl sites for hydroxylation is 1. The average molecular weight is 299 g/mol. The number of nitrogens with one attached hydrogen (secondary N) is 1. The molecule has 3 heteroatoms. The Bertz CT molecular complexity index is 573. The summed E-state index contributed by atoms with van der Waals surface area (Å²) in [6.45, 7) is 2.73. The summed E-state index contributed by atoms with van der Waals surface area (Å²) in [5.74, 6) is 0.724. The smallest absolute Gasteiger partial charge is 0.244 e. The van der Waals surface area contributed by atoms with E-state index < -0.39 is 0 Å². The van der Waals surface area contributed by atoms with Crippen molar-refractivity contribution in [2.75, 3.05) is 13.7 Å². The fourth-order valence-corrected chi connectivity index (χ4v) is 2.69. The molecule has 0 saturated carbocycles. The van der Waals surface area contributed by atoms with E-state index in [4.69, 9.17) is 4.74 Å². The minimum absolute atomic E-state index is 0.0556. The first-order chi connectivity index (χ1) is 10.7. The number of benzene rings is 1. The molecule has 0 atom stereocenters. The largest absolute Gasteiger partial charge is 0.496 e. The van der Waals surface area contributed by atoms with Crippen LogP contribution in [0.4, 0.5) is 0 Å². The van der Waals surface area contributed by atoms with Gasteiger partial charge in [-0.2, -0.15) is 0 Å². The summed E-state index contributed by atoms with van der Waals surface area (Å²) in [7, 11) is 1.64. The van der Waals surface area contributed by atoms with Crippen LogP contribution in [-0.4, -0.2) is 19.6 Å². The van der Waals surface area contributed by atoms with E-state index in [9.17, 15) is 4.79 Å². The number of methoxy groups -OCH3 is 1. The van der Waals surface area contributed by atoms with Crippen molar-refractivity contribution < 1.29 is 9.53 Å². The van der Waals surface area contributed by atoms with Gasteiger partial charge in [0.2, 0.25) is 5.91 Å². The third kappa shape index (κ3) is 5.06. The first-order valence-corrected chi connectivity index (χ1v) is 7.97. The van der Waals surface area contributed by atoms with Crippen LogP contribution in [0.25, 0.3) is 6.08 Å². The van der Waals surface area contributed by atoms with Gasteiger partial charge < -0.3 is 10.1 Å². The molecule has 1 aliphatic rings. The van der Waals surface area contributed by atoms with Crippen molar-refractivity contribution >= 4 is 12.0 Å². The van der Waals surface area contributed by atoms with Gasteiger partial charge >= 0.3 is 0 Å². The fraction of sp³-hybridized carbons (Fsp3) is 0.421. The van der Waals surface area contributed by atoms with Crippen molar-refractivity contribution in [3.8, 4) is 5.75 Å². The lowest BCUT2D eigenvalue weighted by molar-refractivity contribution is -0.116. The third-order valence-electron chi connectivity index (χ3n) is 3.93. The van der Waals surface area contributed by atoms with Crippen LogP contribution in [0.2, 0.25) is 0 Å². The SMILES string of the molecule is COc1ccc(C)cc1/C=C/C(=O)NCCC1=CCCCC1. The lowest BCUT2D eigenvalue weighted by Crippen LogP contribution is -2.22. The van der Waals surface area contributed by atoms with Crippen LogP contribution in [0.5, 0.6) is 5.75 Å². The zero-order valence-corrected chi connectivity index (χ0v) is 13.5. The van der Waals surface area contributed by atoms with E-state index in [1.165, 1.54) is 31.3 Å². The maximum absolute atomic E-state index is 11.9. The number of hydrogen-bond donors (Lipinski definition) is 1. The minimum Gasteiger partial charge on any atom is -0.496 e. The number of hydrogen-bond acceptors (Lipinski definition) is 2. The molecular weight excluding hydrogens is 274 g/mol. The van der Waals surface area contributed by atoms with E-state index >= 15 is 0 Å². The van der Waals surface area contributed by atoms with Gasteiger partial charge in [0.15, 0.2) is 0 Å². The molecule has 0 spiro atoms. The molecule has 1 N–H and O–H groups in total. The average Bonchev–Trinajstić information content (AvgIpc) is 2.54. The second-order valence-corrected chi connectivity index (χ2v) is 5.73. The topological polar surface area (TPSA) is 38.3 Å². The number of rotatable bonds is 6. The highest BCUT2D eigenvalue weighted by Crippen LogP contribution is 2.21. The highest BCUT2D eigenvalue weighted by atomic mass is 16.5. The first kappa shape index (κ1) is 16.3. The van der Waals surface area contributed by atoms with Gasteiger partial charge in [-0.25, -0.2) is 0 Å². The molecule has 0 aliphatic heterocycles. The summed E-state index contributed by atoms with van der Waals surface area (Å²) in [5.41, 5.74) is 3.55. The lowest BCUT2D eigenvalue weighted by atomic mass is 9.97. The Morgan fingerprint density at radius 3 is 2.95 bits per heavy atom. The van der Waals surface area contributed by atoms with E-state index in [0.29, 0.717) is 6.54 Å². The highest BCUT2D eigenvalue weighted by molar-refractivity contribution is 5.92. The molecule has 1 aromatic carbocycles. The Hall–Kier alpha value is -2.03. The van der Waals surface area contributed by atoms with Crippen molar-refractivity contribution in [2.45, 2.75) is 39.0 Å². The molecule has 1 aromatic rings. The summed E-state index contributed by atoms with van der Waals surface area (Å²) in [5, 5.41) is 2.94. The molecule has 0 aromatic heterocycles. The van der Waals surface area contributed by atoms with Crippen LogP contribution in [0.1, 0.15) is 43.2 Å². The van der Waals surface area contributed by atoms with Crippen molar-refractivity contribution in [1.29, 1.82) is 0 Å². The van der Waals surface area contributed by atoms with Gasteiger partial charge in [0, 0.05) is 18.2 Å². The van der Waals surface area contributed by atoms with Crippen LogP contribution < -0.4 is 10.1 Å². The van der Waals surface area contributed by atoms with Crippen LogP contribution >= 0.6 is 0 Å². The number of carbonyl (C=O) groups is 1. The Kier molecular flexibility index (Phi) is 6.26. The number of allylic oxidation sites excluding steroid dienone is 1. The maximum Gasteiger partial charge on any atom is 0.244 e. The Morgan fingerprint density at radius 1 is 1.36 bits per heavy atom. The summed E-state index contributed by atoms with van der Waals surface area (Å²) in [4.78, 5) is 11.9. The summed E-state index contributed by atoms with van der Waals surface area (Å²) >= 11 is 0. The van der Waals surface area contributed by atoms with E-state index in [0.717, 1.165) is 23.3 Å². The predicted molar refractivity (Wildman–Crippen MR) is 90.9 cm³/mol. The molecule has 1 aliphatic carbocycles. The van der Waals surface area contributed by atoms with Gasteiger partial charge in [0.1, 0.15) is 5.75 Å². The molecule has 0 bridgehead atoms. The minimum atomic E-state index is -0.0556. The van der Waals surface area contributed by atoms with Crippen molar-refractivity contribution in [3.63, 3.8) is 0 Å². The van der Waals surface area contributed by atoms with Gasteiger partial charge in [0.25, 0.3) is 0 Å². The monoisotopic (exact) mass is 299 g/mol. The summed E-state index contributed by atoms with van der Waals surface area (Å²) in [6, 6.07) is 5.92. The lowest BCUT2D eigenvalue weighted by Gasteiger charge is -2.12. The fourth-order valence-electron chi connectivity index (χ4n) is 2.69. The Morgan fingerprint density at radius 2 is 2.23 bits per heavy atom. The van der Waals surface area contributed by atoms with Crippen LogP contribution in [-0.2, 0) is 4.79 Å². The van der Waals surface area contributed by atoms with Gasteiger partial charge in [-0.15, -0.1) is 0 Å². The zero-order chi connectivity index (χ0) is 15.8. The molecule has 0 fully saturated rings. The molecule has 1 amide bonds. The van der Waals surface area contributed by atoms with Crippen LogP contribution in [0.15, 0.2) is 35.9 Å². The summed E-state index contributed by atoms with van der Waals surface area (Å²) in [6.07, 6.45) is 11.6. The molecule has 0 saturated heterocycles. The van der Waals surface area contributed by atoms with Crippen LogP contribution in [0.3, 0.4) is 0 Å². The second-order valence-electron chi connectivity index (χ2n) is 5.73. The molecule has 3 nitrogen and oxygen atoms in total. The third-order valence-corrected chi connectivity index (χ3v) is 3.93. The molecule has 0 heterocycles. The van der Waals surface area contributed by atoms with E-state index in [1.54, 1.807) is 19.3 Å². The number of ether oxygens (including phenoxy) is 1. The molecule has 2 rings (SSSR count). The van der Waals surface area contributed by atoms with Crippen molar-refractivity contribution in [3.05, 3.63) is 47.1 Å². The first-order valence-electron chi connectivity index (χ1n) is 7.97. The van der Waals surface area contributed by atoms with E-state index in [2.05, 4.69) is 11.4 Å².